The van der Waals surface area contributed by atoms with E-state index in [1.165, 1.54) is 11.1 Å². The van der Waals surface area contributed by atoms with Gasteiger partial charge in [0.1, 0.15) is 5.82 Å². The van der Waals surface area contributed by atoms with E-state index in [4.69, 9.17) is 0 Å². The van der Waals surface area contributed by atoms with Gasteiger partial charge in [0, 0.05) is 12.6 Å². The molecule has 0 fully saturated rings. The van der Waals surface area contributed by atoms with Crippen LogP contribution in [0.3, 0.4) is 0 Å². The lowest BCUT2D eigenvalue weighted by Crippen LogP contribution is -2.18. The number of hydrogen-bond donors (Lipinski definition) is 1. The lowest BCUT2D eigenvalue weighted by Gasteiger charge is -2.16. The molecule has 2 heteroatoms. The highest BCUT2D eigenvalue weighted by molar-refractivity contribution is 5.27. The van der Waals surface area contributed by atoms with Crippen molar-refractivity contribution in [3.05, 3.63) is 70.5 Å². The maximum absolute atomic E-state index is 13.5. The molecule has 0 aromatic heterocycles. The normalized spacial score (nSPS) is 12.7. The van der Waals surface area contributed by atoms with Gasteiger partial charge in [-0.2, -0.15) is 0 Å². The van der Waals surface area contributed by atoms with E-state index in [2.05, 4.69) is 50.4 Å². The summed E-state index contributed by atoms with van der Waals surface area (Å²) in [6, 6.07) is 14.4. The fraction of sp³-hybridized carbons (Fsp3) is 0.368. The van der Waals surface area contributed by atoms with Crippen LogP contribution in [0.4, 0.5) is 4.39 Å². The third-order valence-corrected chi connectivity index (χ3v) is 3.95. The van der Waals surface area contributed by atoms with Crippen LogP contribution in [0.15, 0.2) is 42.5 Å². The highest BCUT2D eigenvalue weighted by Gasteiger charge is 2.07. The number of nitrogens with one attached hydrogen (secondary N) is 1. The van der Waals surface area contributed by atoms with E-state index in [1.807, 2.05) is 12.1 Å². The number of rotatable bonds is 5. The van der Waals surface area contributed by atoms with Crippen molar-refractivity contribution in [2.75, 3.05) is 0 Å². The molecule has 0 heterocycles. The Morgan fingerprint density at radius 1 is 0.952 bits per heavy atom. The molecule has 1 atom stereocenters. The van der Waals surface area contributed by atoms with Crippen LogP contribution in [0.25, 0.3) is 0 Å². The number of hydrogen-bond acceptors (Lipinski definition) is 1. The van der Waals surface area contributed by atoms with E-state index >= 15 is 0 Å². The van der Waals surface area contributed by atoms with Crippen molar-refractivity contribution in [3.63, 3.8) is 0 Å². The number of halogens is 1. The first-order chi connectivity index (χ1) is 9.97. The van der Waals surface area contributed by atoms with Crippen molar-refractivity contribution in [2.45, 2.75) is 46.2 Å². The molecule has 1 N–H and O–H groups in total. The predicted molar refractivity (Wildman–Crippen MR) is 86.9 cm³/mol. The fourth-order valence-electron chi connectivity index (χ4n) is 2.30. The minimum Gasteiger partial charge on any atom is -0.306 e. The topological polar surface area (TPSA) is 12.0 Å². The fourth-order valence-corrected chi connectivity index (χ4v) is 2.30. The Labute approximate surface area is 127 Å². The van der Waals surface area contributed by atoms with E-state index in [0.717, 1.165) is 5.56 Å². The second-order valence-corrected chi connectivity index (χ2v) is 6.01. The average Bonchev–Trinajstić information content (AvgIpc) is 2.48. The molecule has 0 aliphatic carbocycles. The summed E-state index contributed by atoms with van der Waals surface area (Å²) in [6.07, 6.45) is 0. The summed E-state index contributed by atoms with van der Waals surface area (Å²) in [5.41, 5.74) is 4.28. The van der Waals surface area contributed by atoms with Gasteiger partial charge in [-0.05, 0) is 48.1 Å². The third-order valence-electron chi connectivity index (χ3n) is 3.95. The lowest BCUT2D eigenvalue weighted by atomic mass is 9.99. The average molecular weight is 285 g/mol. The Hall–Kier alpha value is -1.67. The van der Waals surface area contributed by atoms with Crippen LogP contribution < -0.4 is 5.32 Å². The molecule has 21 heavy (non-hydrogen) atoms. The van der Waals surface area contributed by atoms with Crippen molar-refractivity contribution in [1.82, 2.24) is 5.32 Å². The molecule has 0 amide bonds. The first-order valence-electron chi connectivity index (χ1n) is 7.55. The highest BCUT2D eigenvalue weighted by Crippen LogP contribution is 2.19. The van der Waals surface area contributed by atoms with Crippen molar-refractivity contribution in [1.29, 1.82) is 0 Å². The molecule has 2 aromatic rings. The van der Waals surface area contributed by atoms with Gasteiger partial charge in [0.15, 0.2) is 0 Å². The van der Waals surface area contributed by atoms with Crippen LogP contribution in [-0.4, -0.2) is 0 Å². The summed E-state index contributed by atoms with van der Waals surface area (Å²) < 4.78 is 13.5. The van der Waals surface area contributed by atoms with Gasteiger partial charge in [0.2, 0.25) is 0 Å². The molecule has 0 aliphatic rings. The van der Waals surface area contributed by atoms with E-state index in [0.29, 0.717) is 18.0 Å². The molecule has 0 aliphatic heterocycles. The van der Waals surface area contributed by atoms with Gasteiger partial charge in [-0.15, -0.1) is 0 Å². The molecule has 0 bridgehead atoms. The van der Waals surface area contributed by atoms with Gasteiger partial charge in [0.25, 0.3) is 0 Å². The molecule has 0 radical (unpaired) electrons. The summed E-state index contributed by atoms with van der Waals surface area (Å²) in [5.74, 6) is 0.418. The molecule has 0 spiro atoms. The van der Waals surface area contributed by atoms with E-state index < -0.39 is 0 Å². The lowest BCUT2D eigenvalue weighted by molar-refractivity contribution is 0.568. The van der Waals surface area contributed by atoms with Gasteiger partial charge >= 0.3 is 0 Å². The molecule has 1 unspecified atom stereocenters. The Morgan fingerprint density at radius 2 is 1.57 bits per heavy atom. The zero-order valence-corrected chi connectivity index (χ0v) is 13.3. The number of benzene rings is 2. The molecule has 0 saturated heterocycles. The maximum atomic E-state index is 13.5. The van der Waals surface area contributed by atoms with Crippen molar-refractivity contribution in [3.8, 4) is 0 Å². The molecule has 0 saturated carbocycles. The first kappa shape index (κ1) is 15.7. The Bertz CT molecular complexity index is 587. The van der Waals surface area contributed by atoms with Crippen LogP contribution >= 0.6 is 0 Å². The molecular formula is C19H24FN. The van der Waals surface area contributed by atoms with Crippen LogP contribution in [0, 0.1) is 12.7 Å². The monoisotopic (exact) mass is 285 g/mol. The van der Waals surface area contributed by atoms with Gasteiger partial charge in [-0.25, -0.2) is 4.39 Å². The Balaban J connectivity index is 1.97. The number of aryl methyl sites for hydroxylation is 1. The van der Waals surface area contributed by atoms with Gasteiger partial charge < -0.3 is 5.32 Å². The van der Waals surface area contributed by atoms with Crippen LogP contribution in [0.1, 0.15) is 55.0 Å². The van der Waals surface area contributed by atoms with Crippen molar-refractivity contribution >= 4 is 0 Å². The summed E-state index contributed by atoms with van der Waals surface area (Å²) in [7, 11) is 0. The van der Waals surface area contributed by atoms with Crippen molar-refractivity contribution in [2.24, 2.45) is 0 Å². The summed E-state index contributed by atoms with van der Waals surface area (Å²) in [4.78, 5) is 0. The third kappa shape index (κ3) is 4.15. The molecule has 112 valence electrons. The molecular weight excluding hydrogens is 261 g/mol. The first-order valence-corrected chi connectivity index (χ1v) is 7.55. The van der Waals surface area contributed by atoms with Gasteiger partial charge in [0.05, 0.1) is 0 Å². The Morgan fingerprint density at radius 3 is 2.14 bits per heavy atom. The minimum atomic E-state index is -0.136. The minimum absolute atomic E-state index is 0.136. The van der Waals surface area contributed by atoms with Gasteiger partial charge in [-0.3, -0.25) is 0 Å². The van der Waals surface area contributed by atoms with E-state index in [1.54, 1.807) is 13.0 Å². The highest BCUT2D eigenvalue weighted by atomic mass is 19.1. The quantitative estimate of drug-likeness (QED) is 0.805. The maximum Gasteiger partial charge on any atom is 0.126 e. The summed E-state index contributed by atoms with van der Waals surface area (Å²) in [5, 5.41) is 3.44. The summed E-state index contributed by atoms with van der Waals surface area (Å²) in [6.45, 7) is 8.98. The molecule has 2 aromatic carbocycles. The predicted octanol–water partition coefficient (Wildman–Crippen LogP) is 5.11. The molecule has 1 nitrogen and oxygen atoms in total. The zero-order valence-electron chi connectivity index (χ0n) is 13.3. The summed E-state index contributed by atoms with van der Waals surface area (Å²) >= 11 is 0. The zero-order chi connectivity index (χ0) is 15.4. The second kappa shape index (κ2) is 6.86. The standard InChI is InChI=1S/C19H24FN/c1-13(2)17-7-9-18(10-8-17)15(4)21-12-16-6-5-14(3)19(20)11-16/h5-11,13,15,21H,12H2,1-4H3. The van der Waals surface area contributed by atoms with Crippen LogP contribution in [0.5, 0.6) is 0 Å². The van der Waals surface area contributed by atoms with Crippen molar-refractivity contribution < 1.29 is 4.39 Å². The van der Waals surface area contributed by atoms with E-state index in [9.17, 15) is 4.39 Å². The smallest absolute Gasteiger partial charge is 0.126 e. The van der Waals surface area contributed by atoms with Crippen LogP contribution in [-0.2, 0) is 6.54 Å². The largest absolute Gasteiger partial charge is 0.306 e. The van der Waals surface area contributed by atoms with E-state index in [-0.39, 0.29) is 11.9 Å². The SMILES string of the molecule is Cc1ccc(CNC(C)c2ccc(C(C)C)cc2)cc1F. The second-order valence-electron chi connectivity index (χ2n) is 6.01. The Kier molecular flexibility index (Phi) is 5.13. The van der Waals surface area contributed by atoms with Crippen LogP contribution in [0.2, 0.25) is 0 Å². The molecule has 2 rings (SSSR count). The van der Waals surface area contributed by atoms with Gasteiger partial charge in [-0.1, -0.05) is 50.2 Å².